The second-order valence-electron chi connectivity index (χ2n) is 3.96. The number of hydrogen-bond donors (Lipinski definition) is 2. The van der Waals surface area contributed by atoms with E-state index in [1.807, 2.05) is 18.2 Å². The van der Waals surface area contributed by atoms with Crippen LogP contribution < -0.4 is 16.0 Å². The minimum atomic E-state index is 0.696. The van der Waals surface area contributed by atoms with Gasteiger partial charge in [-0.1, -0.05) is 0 Å². The van der Waals surface area contributed by atoms with Crippen LogP contribution >= 0.6 is 0 Å². The van der Waals surface area contributed by atoms with Crippen molar-refractivity contribution in [3.8, 4) is 0 Å². The highest BCUT2D eigenvalue weighted by molar-refractivity contribution is 5.78. The molecule has 0 bridgehead atoms. The molecular weight excluding hydrogens is 204 g/mol. The molecule has 1 fully saturated rings. The Bertz CT molecular complexity index is 502. The maximum Gasteiger partial charge on any atom is 0.298 e. The average molecular weight is 218 g/mol. The molecule has 3 N–H and O–H groups in total. The number of nitrogens with one attached hydrogen (secondary N) is 1. The van der Waals surface area contributed by atoms with Crippen LogP contribution in [-0.4, -0.2) is 31.2 Å². The number of nitrogen functional groups attached to an aromatic ring is 1. The fourth-order valence-electron chi connectivity index (χ4n) is 1.92. The number of oxazole rings is 1. The van der Waals surface area contributed by atoms with Crippen molar-refractivity contribution in [1.29, 1.82) is 0 Å². The monoisotopic (exact) mass is 218 g/mol. The van der Waals surface area contributed by atoms with E-state index in [0.717, 1.165) is 37.3 Å². The van der Waals surface area contributed by atoms with Gasteiger partial charge in [0.1, 0.15) is 5.52 Å². The zero-order valence-corrected chi connectivity index (χ0v) is 8.94. The van der Waals surface area contributed by atoms with Gasteiger partial charge in [-0.3, -0.25) is 0 Å². The van der Waals surface area contributed by atoms with Gasteiger partial charge >= 0.3 is 0 Å². The molecule has 3 rings (SSSR count). The molecule has 1 aliphatic heterocycles. The summed E-state index contributed by atoms with van der Waals surface area (Å²) >= 11 is 0. The molecule has 0 radical (unpaired) electrons. The standard InChI is InChI=1S/C11H14N4O/c12-8-1-2-9-10(7-8)16-11(14-9)15-5-3-13-4-6-15/h1-2,7,13H,3-6,12H2. The highest BCUT2D eigenvalue weighted by atomic mass is 16.4. The molecule has 1 aliphatic rings. The second-order valence-corrected chi connectivity index (χ2v) is 3.96. The average Bonchev–Trinajstić information content (AvgIpc) is 2.73. The van der Waals surface area contributed by atoms with Crippen LogP contribution in [0.3, 0.4) is 0 Å². The Morgan fingerprint density at radius 3 is 2.94 bits per heavy atom. The molecule has 2 heterocycles. The summed E-state index contributed by atoms with van der Waals surface area (Å²) in [6.07, 6.45) is 0. The number of nitrogens with two attached hydrogens (primary N) is 1. The van der Waals surface area contributed by atoms with Crippen molar-refractivity contribution in [1.82, 2.24) is 10.3 Å². The second kappa shape index (κ2) is 3.68. The molecule has 0 saturated carbocycles. The van der Waals surface area contributed by atoms with Crippen LogP contribution in [0, 0.1) is 0 Å². The molecule has 84 valence electrons. The Hall–Kier alpha value is -1.75. The van der Waals surface area contributed by atoms with Crippen LogP contribution in [0.15, 0.2) is 22.6 Å². The summed E-state index contributed by atoms with van der Waals surface area (Å²) in [5.41, 5.74) is 8.03. The van der Waals surface area contributed by atoms with Crippen LogP contribution in [-0.2, 0) is 0 Å². The van der Waals surface area contributed by atoms with Crippen LogP contribution in [0.5, 0.6) is 0 Å². The Morgan fingerprint density at radius 2 is 2.12 bits per heavy atom. The van der Waals surface area contributed by atoms with E-state index < -0.39 is 0 Å². The highest BCUT2D eigenvalue weighted by Gasteiger charge is 2.16. The Kier molecular flexibility index (Phi) is 2.18. The number of hydrogen-bond acceptors (Lipinski definition) is 5. The molecule has 0 aliphatic carbocycles. The largest absolute Gasteiger partial charge is 0.423 e. The van der Waals surface area contributed by atoms with Gasteiger partial charge in [0.15, 0.2) is 5.58 Å². The maximum absolute atomic E-state index is 5.70. The summed E-state index contributed by atoms with van der Waals surface area (Å²) in [4.78, 5) is 6.60. The van der Waals surface area contributed by atoms with E-state index in [9.17, 15) is 0 Å². The van der Waals surface area contributed by atoms with E-state index in [4.69, 9.17) is 10.2 Å². The fourth-order valence-corrected chi connectivity index (χ4v) is 1.92. The highest BCUT2D eigenvalue weighted by Crippen LogP contribution is 2.23. The first-order valence-electron chi connectivity index (χ1n) is 5.45. The van der Waals surface area contributed by atoms with Gasteiger partial charge in [-0.2, -0.15) is 4.98 Å². The van der Waals surface area contributed by atoms with Crippen LogP contribution in [0.2, 0.25) is 0 Å². The summed E-state index contributed by atoms with van der Waals surface area (Å²) < 4.78 is 5.70. The van der Waals surface area contributed by atoms with Gasteiger partial charge in [0.25, 0.3) is 6.01 Å². The molecule has 16 heavy (non-hydrogen) atoms. The van der Waals surface area contributed by atoms with E-state index in [-0.39, 0.29) is 0 Å². The number of aromatic nitrogens is 1. The molecule has 0 amide bonds. The van der Waals surface area contributed by atoms with Crippen molar-refractivity contribution in [3.63, 3.8) is 0 Å². The molecule has 1 saturated heterocycles. The normalized spacial score (nSPS) is 16.9. The fraction of sp³-hybridized carbons (Fsp3) is 0.364. The number of piperazine rings is 1. The molecule has 5 nitrogen and oxygen atoms in total. The van der Waals surface area contributed by atoms with Gasteiger partial charge in [0.05, 0.1) is 0 Å². The molecule has 0 spiro atoms. The topological polar surface area (TPSA) is 67.3 Å². The molecule has 1 aromatic carbocycles. The van der Waals surface area contributed by atoms with E-state index >= 15 is 0 Å². The van der Waals surface area contributed by atoms with Gasteiger partial charge in [0, 0.05) is 37.9 Å². The lowest BCUT2D eigenvalue weighted by Gasteiger charge is -2.25. The Balaban J connectivity index is 1.97. The van der Waals surface area contributed by atoms with Crippen molar-refractivity contribution >= 4 is 22.8 Å². The minimum Gasteiger partial charge on any atom is -0.423 e. The van der Waals surface area contributed by atoms with E-state index in [1.165, 1.54) is 0 Å². The van der Waals surface area contributed by atoms with Gasteiger partial charge in [0.2, 0.25) is 0 Å². The quantitative estimate of drug-likeness (QED) is 0.694. The van der Waals surface area contributed by atoms with Gasteiger partial charge in [-0.25, -0.2) is 0 Å². The Morgan fingerprint density at radius 1 is 1.31 bits per heavy atom. The van der Waals surface area contributed by atoms with Gasteiger partial charge in [-0.15, -0.1) is 0 Å². The number of rotatable bonds is 1. The lowest BCUT2D eigenvalue weighted by molar-refractivity contribution is 0.517. The first-order chi connectivity index (χ1) is 7.83. The molecular formula is C11H14N4O. The smallest absolute Gasteiger partial charge is 0.298 e. The summed E-state index contributed by atoms with van der Waals surface area (Å²) in [7, 11) is 0. The predicted octanol–water partition coefficient (Wildman–Crippen LogP) is 0.820. The molecule has 2 aromatic rings. The van der Waals surface area contributed by atoms with Crippen molar-refractivity contribution < 1.29 is 4.42 Å². The maximum atomic E-state index is 5.70. The van der Waals surface area contributed by atoms with E-state index in [2.05, 4.69) is 15.2 Å². The molecule has 0 unspecified atom stereocenters. The summed E-state index contributed by atoms with van der Waals surface area (Å²) in [5.74, 6) is 0. The lowest BCUT2D eigenvalue weighted by Crippen LogP contribution is -2.43. The third-order valence-corrected chi connectivity index (χ3v) is 2.79. The van der Waals surface area contributed by atoms with E-state index in [0.29, 0.717) is 11.7 Å². The third-order valence-electron chi connectivity index (χ3n) is 2.79. The van der Waals surface area contributed by atoms with Crippen molar-refractivity contribution in [2.24, 2.45) is 0 Å². The number of nitrogens with zero attached hydrogens (tertiary/aromatic N) is 2. The molecule has 1 aromatic heterocycles. The van der Waals surface area contributed by atoms with Crippen LogP contribution in [0.25, 0.3) is 11.1 Å². The summed E-state index contributed by atoms with van der Waals surface area (Å²) in [5, 5.41) is 3.30. The van der Waals surface area contributed by atoms with Crippen LogP contribution in [0.4, 0.5) is 11.7 Å². The first kappa shape index (κ1) is 9.47. The molecule has 0 atom stereocenters. The first-order valence-corrected chi connectivity index (χ1v) is 5.45. The summed E-state index contributed by atoms with van der Waals surface area (Å²) in [6, 6.07) is 6.24. The predicted molar refractivity (Wildman–Crippen MR) is 63.5 cm³/mol. The number of anilines is 2. The van der Waals surface area contributed by atoms with E-state index in [1.54, 1.807) is 0 Å². The van der Waals surface area contributed by atoms with Crippen molar-refractivity contribution in [2.75, 3.05) is 36.8 Å². The van der Waals surface area contributed by atoms with Crippen molar-refractivity contribution in [2.45, 2.75) is 0 Å². The van der Waals surface area contributed by atoms with Crippen molar-refractivity contribution in [3.05, 3.63) is 18.2 Å². The minimum absolute atomic E-state index is 0.696. The number of fused-ring (bicyclic) bond motifs is 1. The number of benzene rings is 1. The molecule has 5 heteroatoms. The summed E-state index contributed by atoms with van der Waals surface area (Å²) in [6.45, 7) is 3.81. The van der Waals surface area contributed by atoms with Gasteiger partial charge in [-0.05, 0) is 12.1 Å². The zero-order valence-electron chi connectivity index (χ0n) is 8.94. The van der Waals surface area contributed by atoms with Gasteiger partial charge < -0.3 is 20.4 Å². The Labute approximate surface area is 93.2 Å². The zero-order chi connectivity index (χ0) is 11.0. The lowest BCUT2D eigenvalue weighted by atomic mass is 10.3. The van der Waals surface area contributed by atoms with Crippen LogP contribution in [0.1, 0.15) is 0 Å². The third kappa shape index (κ3) is 1.59. The SMILES string of the molecule is Nc1ccc2nc(N3CCNCC3)oc2c1.